The molecule has 2 atom stereocenters. The predicted molar refractivity (Wildman–Crippen MR) is 108 cm³/mol. The molecule has 10 radical (unpaired) electrons. The third-order valence-corrected chi connectivity index (χ3v) is 5.15. The van der Waals surface area contributed by atoms with Crippen LogP contribution in [0.4, 0.5) is 0 Å². The van der Waals surface area contributed by atoms with Crippen LogP contribution in [0.15, 0.2) is 0 Å². The van der Waals surface area contributed by atoms with Gasteiger partial charge < -0.3 is 4.74 Å². The van der Waals surface area contributed by atoms with Crippen molar-refractivity contribution in [2.45, 2.75) is 44.6 Å². The van der Waals surface area contributed by atoms with E-state index in [0.717, 1.165) is 13.2 Å². The van der Waals surface area contributed by atoms with Crippen LogP contribution in [0, 0.1) is 75.2 Å². The quantitative estimate of drug-likeness (QED) is 0.518. The monoisotopic (exact) mass is 409 g/mol. The van der Waals surface area contributed by atoms with Crippen molar-refractivity contribution in [2.75, 3.05) is 20.3 Å². The van der Waals surface area contributed by atoms with Crippen LogP contribution in [-0.4, -0.2) is 45.3 Å². The zero-order valence-electron chi connectivity index (χ0n) is 16.4. The molecule has 1 heterocycles. The molecular weight excluding hydrogens is 378 g/mol. The number of hydrogen-bond donors (Lipinski definition) is 0. The molecule has 26 heavy (non-hydrogen) atoms. The number of methoxy groups -OCH3 is 1. The first kappa shape index (κ1) is 24.3. The van der Waals surface area contributed by atoms with E-state index >= 15 is 0 Å². The average Bonchev–Trinajstić information content (AvgIpc) is 3.32. The summed E-state index contributed by atoms with van der Waals surface area (Å²) in [4.78, 5) is 2.53. The molecule has 3 fully saturated rings. The second-order valence-corrected chi connectivity index (χ2v) is 12.3. The van der Waals surface area contributed by atoms with Crippen LogP contribution in [0.2, 0.25) is 19.6 Å². The van der Waals surface area contributed by atoms with Crippen molar-refractivity contribution in [3.63, 3.8) is 0 Å². The van der Waals surface area contributed by atoms with Gasteiger partial charge in [-0.15, -0.1) is 5.54 Å². The maximum absolute atomic E-state index is 5.39. The minimum Gasteiger partial charge on any atom is -0.383 e. The summed E-state index contributed by atoms with van der Waals surface area (Å²) < 4.78 is 5.39. The van der Waals surface area contributed by atoms with Crippen molar-refractivity contribution in [1.29, 1.82) is 0 Å². The van der Waals surface area contributed by atoms with Crippen molar-refractivity contribution in [3.05, 3.63) is 63.7 Å². The Morgan fingerprint density at radius 3 is 2.15 bits per heavy atom. The predicted octanol–water partition coefficient (Wildman–Crippen LogP) is 3.77. The van der Waals surface area contributed by atoms with Crippen molar-refractivity contribution < 1.29 is 21.8 Å². The fourth-order valence-corrected chi connectivity index (χ4v) is 3.67. The number of likely N-dealkylation sites (tertiary alicyclic amines) is 1. The van der Waals surface area contributed by atoms with Gasteiger partial charge in [0.1, 0.15) is 8.07 Å². The van der Waals surface area contributed by atoms with Crippen LogP contribution in [-0.2, 0) is 21.8 Å². The molecule has 0 unspecified atom stereocenters. The van der Waals surface area contributed by atoms with Crippen LogP contribution in [0.25, 0.3) is 0 Å². The summed E-state index contributed by atoms with van der Waals surface area (Å²) in [7, 11) is 0.450. The second-order valence-electron chi connectivity index (χ2n) is 7.59. The Morgan fingerprint density at radius 2 is 1.65 bits per heavy atom. The van der Waals surface area contributed by atoms with Crippen molar-refractivity contribution >= 4 is 8.07 Å². The third kappa shape index (κ3) is 8.49. The van der Waals surface area contributed by atoms with E-state index in [1.165, 1.54) is 18.8 Å². The molecule has 2 nitrogen and oxygen atoms in total. The minimum absolute atomic E-state index is 0. The van der Waals surface area contributed by atoms with Gasteiger partial charge in [0.15, 0.2) is 0 Å². The van der Waals surface area contributed by atoms with Gasteiger partial charge in [-0.2, -0.15) is 0 Å². The summed E-state index contributed by atoms with van der Waals surface area (Å²) in [6, 6.07) is 0.746. The van der Waals surface area contributed by atoms with Crippen LogP contribution in [0.1, 0.15) is 12.8 Å². The number of ether oxygens (including phenoxy) is 1. The summed E-state index contributed by atoms with van der Waals surface area (Å²) >= 11 is 0. The number of rotatable bonds is 4. The summed E-state index contributed by atoms with van der Waals surface area (Å²) in [5.74, 6) is 4.91. The van der Waals surface area contributed by atoms with E-state index in [-0.39, 0.29) is 23.1 Å². The Labute approximate surface area is 174 Å². The second kappa shape index (κ2) is 12.6. The molecule has 140 valence electrons. The molecule has 0 N–H and O–H groups in total. The maximum atomic E-state index is 5.39. The van der Waals surface area contributed by atoms with E-state index in [0.29, 0.717) is 6.04 Å². The molecule has 2 aliphatic carbocycles. The van der Waals surface area contributed by atoms with Crippen molar-refractivity contribution in [3.8, 4) is 11.5 Å². The summed E-state index contributed by atoms with van der Waals surface area (Å²) in [5, 5.41) is 0. The molecule has 1 aliphatic heterocycles. The normalized spacial score (nSPS) is 25.0. The molecule has 0 aromatic heterocycles. The van der Waals surface area contributed by atoms with Gasteiger partial charge in [-0.3, -0.25) is 4.90 Å². The molecular formula is C22H31FeNOSi+2. The van der Waals surface area contributed by atoms with Gasteiger partial charge in [-0.1, -0.05) is 25.6 Å². The Hall–Kier alpha value is 0.216. The summed E-state index contributed by atoms with van der Waals surface area (Å²) in [6.45, 7) is 8.85. The van der Waals surface area contributed by atoms with E-state index in [1.807, 2.05) is 32.1 Å². The van der Waals surface area contributed by atoms with Gasteiger partial charge in [0.2, 0.25) is 0 Å². The fourth-order valence-electron chi connectivity index (χ4n) is 3.10. The van der Waals surface area contributed by atoms with E-state index in [9.17, 15) is 0 Å². The molecule has 0 amide bonds. The Balaban J connectivity index is 0.000000486. The molecule has 0 spiro atoms. The van der Waals surface area contributed by atoms with Crippen LogP contribution in [0.3, 0.4) is 0 Å². The standard InChI is InChI=1S/C17H26NOSi.C5H5.Fe/c1-19-14-16-10-7-12-18(16)17(11-13-20(2,3)4)15-8-5-6-9-15;1-2-4-5-3-1;/h5-6,8-9,16-17H,7,10,12,14H2,1-4H3;1-5H;/q;;+2/t16-,17+;;/m0../s1. The molecule has 0 aromatic carbocycles. The SMILES string of the molecule is COC[C@@H]1CCCN1[C@H](C#C[Si](C)(C)C)[C]1[CH][CH][CH][CH]1.[CH]1[CH][CH][CH][CH]1.[Fe+2]. The van der Waals surface area contributed by atoms with E-state index in [1.54, 1.807) is 7.11 Å². The maximum Gasteiger partial charge on any atom is 2.00 e. The molecule has 0 aromatic rings. The molecule has 4 heteroatoms. The topological polar surface area (TPSA) is 12.5 Å². The fraction of sp³-hybridized carbons (Fsp3) is 0.455. The van der Waals surface area contributed by atoms with E-state index in [2.05, 4.69) is 61.7 Å². The first-order valence-corrected chi connectivity index (χ1v) is 12.7. The van der Waals surface area contributed by atoms with Crippen LogP contribution < -0.4 is 0 Å². The van der Waals surface area contributed by atoms with Crippen LogP contribution in [0.5, 0.6) is 0 Å². The molecule has 3 rings (SSSR count). The molecule has 3 aliphatic rings. The van der Waals surface area contributed by atoms with E-state index < -0.39 is 8.07 Å². The van der Waals surface area contributed by atoms with Gasteiger partial charge in [-0.25, -0.2) is 0 Å². The van der Waals surface area contributed by atoms with Crippen molar-refractivity contribution in [2.24, 2.45) is 0 Å². The number of nitrogens with zero attached hydrogens (tertiary/aromatic N) is 1. The third-order valence-electron chi connectivity index (χ3n) is 4.26. The zero-order chi connectivity index (χ0) is 18.1. The summed E-state index contributed by atoms with van der Waals surface area (Å²) in [6.07, 6.45) is 21.1. The summed E-state index contributed by atoms with van der Waals surface area (Å²) in [5.41, 5.74) is 3.56. The Bertz CT molecular complexity index is 422. The van der Waals surface area contributed by atoms with E-state index in [4.69, 9.17) is 4.74 Å². The van der Waals surface area contributed by atoms with Gasteiger partial charge in [0.05, 0.1) is 12.6 Å². The molecule has 0 bridgehead atoms. The van der Waals surface area contributed by atoms with Crippen LogP contribution >= 0.6 is 0 Å². The molecule has 1 saturated heterocycles. The minimum atomic E-state index is -1.34. The Kier molecular flexibility index (Phi) is 11.8. The van der Waals surface area contributed by atoms with Gasteiger partial charge in [-0.05, 0) is 77.2 Å². The van der Waals surface area contributed by atoms with Gasteiger partial charge in [0, 0.05) is 19.1 Å². The number of hydrogen-bond acceptors (Lipinski definition) is 2. The largest absolute Gasteiger partial charge is 2.00 e. The molecule has 2 saturated carbocycles. The van der Waals surface area contributed by atoms with Gasteiger partial charge in [0.25, 0.3) is 0 Å². The van der Waals surface area contributed by atoms with Crippen molar-refractivity contribution in [1.82, 2.24) is 4.90 Å². The first-order chi connectivity index (χ1) is 12.0. The van der Waals surface area contributed by atoms with Gasteiger partial charge >= 0.3 is 17.1 Å². The smallest absolute Gasteiger partial charge is 0.383 e. The average molecular weight is 409 g/mol. The Morgan fingerprint density at radius 1 is 1.08 bits per heavy atom. The first-order valence-electron chi connectivity index (χ1n) is 9.17. The zero-order valence-corrected chi connectivity index (χ0v) is 18.5.